The fourth-order valence-corrected chi connectivity index (χ4v) is 9.18. The maximum atomic E-state index is 4.40. The van der Waals surface area contributed by atoms with Crippen molar-refractivity contribution in [3.63, 3.8) is 0 Å². The molecular formula is C29H53BN2. The van der Waals surface area contributed by atoms with E-state index in [0.717, 1.165) is 48.3 Å². The summed E-state index contributed by atoms with van der Waals surface area (Å²) in [6.45, 7) is 1.01. The van der Waals surface area contributed by atoms with Crippen molar-refractivity contribution in [3.8, 4) is 0 Å². The third kappa shape index (κ3) is 5.61. The normalized spacial score (nSPS) is 42.8. The summed E-state index contributed by atoms with van der Waals surface area (Å²) in [5.74, 6) is 2.85. The van der Waals surface area contributed by atoms with Crippen molar-refractivity contribution >= 4 is 6.71 Å². The van der Waals surface area contributed by atoms with E-state index in [2.05, 4.69) is 10.6 Å². The molecular weight excluding hydrogens is 387 g/mol. The minimum atomic E-state index is 0.802. The number of hydrogen-bond donors (Lipinski definition) is 2. The third-order valence-corrected chi connectivity index (χ3v) is 10.6. The monoisotopic (exact) mass is 440 g/mol. The van der Waals surface area contributed by atoms with Gasteiger partial charge in [-0.05, 0) is 43.1 Å². The Hall–Kier alpha value is -0.0151. The van der Waals surface area contributed by atoms with E-state index in [9.17, 15) is 0 Å². The molecule has 3 heteroatoms. The SMILES string of the molecule is C1CCCCC2B3C4CCCCCCCCC4NC4CCCCCCC(NC2CCC1)C34. The average molecular weight is 441 g/mol. The Morgan fingerprint density at radius 3 is 1.06 bits per heavy atom. The van der Waals surface area contributed by atoms with Gasteiger partial charge in [-0.3, -0.25) is 0 Å². The molecule has 2 aliphatic heterocycles. The van der Waals surface area contributed by atoms with Crippen molar-refractivity contribution in [2.45, 2.75) is 183 Å². The highest BCUT2D eigenvalue weighted by molar-refractivity contribution is 6.65. The molecule has 0 radical (unpaired) electrons. The van der Waals surface area contributed by atoms with Crippen molar-refractivity contribution in [1.82, 2.24) is 10.6 Å². The van der Waals surface area contributed by atoms with Crippen molar-refractivity contribution in [2.75, 3.05) is 0 Å². The van der Waals surface area contributed by atoms with Gasteiger partial charge in [-0.1, -0.05) is 116 Å². The van der Waals surface area contributed by atoms with Gasteiger partial charge in [0.2, 0.25) is 0 Å². The van der Waals surface area contributed by atoms with E-state index < -0.39 is 0 Å². The van der Waals surface area contributed by atoms with Gasteiger partial charge in [0.1, 0.15) is 0 Å². The quantitative estimate of drug-likeness (QED) is 0.374. The zero-order valence-corrected chi connectivity index (χ0v) is 21.2. The van der Waals surface area contributed by atoms with E-state index in [0.29, 0.717) is 0 Å². The van der Waals surface area contributed by atoms with Crippen LogP contribution in [0.1, 0.15) is 141 Å². The summed E-state index contributed by atoms with van der Waals surface area (Å²) in [6, 6.07) is 3.26. The van der Waals surface area contributed by atoms with Crippen LogP contribution in [0.2, 0.25) is 17.5 Å². The molecule has 2 saturated heterocycles. The minimum Gasteiger partial charge on any atom is -0.312 e. The Balaban J connectivity index is 1.46. The van der Waals surface area contributed by atoms with E-state index in [1.807, 2.05) is 0 Å². The third-order valence-electron chi connectivity index (χ3n) is 10.6. The standard InChI is InChI=1S/C29H53BN2/c1-3-7-13-19-25-23(17-11-5-1)30-24-18-12-6-2-4-8-14-20-26(24)32-28-22-16-10-9-15-21-27(31-25)29(28)30/h23-29,31-32H,1-22H2. The fourth-order valence-electron chi connectivity index (χ4n) is 9.18. The first-order valence-electron chi connectivity index (χ1n) is 15.4. The van der Waals surface area contributed by atoms with Gasteiger partial charge in [0.05, 0.1) is 0 Å². The molecule has 6 unspecified atom stereocenters. The molecule has 5 rings (SSSR count). The predicted molar refractivity (Wildman–Crippen MR) is 140 cm³/mol. The molecule has 0 amide bonds. The largest absolute Gasteiger partial charge is 0.312 e. The number of hydrogen-bond acceptors (Lipinski definition) is 2. The smallest absolute Gasteiger partial charge is 0.156 e. The molecule has 182 valence electrons. The number of fused-ring (bicyclic) bond motifs is 4. The van der Waals surface area contributed by atoms with Crippen LogP contribution in [0, 0.1) is 0 Å². The lowest BCUT2D eigenvalue weighted by molar-refractivity contribution is 0.225. The molecule has 32 heavy (non-hydrogen) atoms. The number of rotatable bonds is 0. The van der Waals surface area contributed by atoms with Gasteiger partial charge >= 0.3 is 0 Å². The molecule has 5 fully saturated rings. The molecule has 0 aromatic heterocycles. The van der Waals surface area contributed by atoms with Crippen molar-refractivity contribution in [3.05, 3.63) is 0 Å². The Morgan fingerprint density at radius 1 is 0.344 bits per heavy atom. The van der Waals surface area contributed by atoms with Crippen molar-refractivity contribution < 1.29 is 0 Å². The highest BCUT2D eigenvalue weighted by Crippen LogP contribution is 2.52. The molecule has 3 saturated carbocycles. The first-order chi connectivity index (χ1) is 15.9. The molecule has 0 aromatic rings. The summed E-state index contributed by atoms with van der Waals surface area (Å²) in [7, 11) is 0. The molecule has 3 aliphatic carbocycles. The lowest BCUT2D eigenvalue weighted by atomic mass is 9.20. The van der Waals surface area contributed by atoms with Gasteiger partial charge < -0.3 is 10.6 Å². The first kappa shape index (κ1) is 23.7. The van der Waals surface area contributed by atoms with Crippen LogP contribution in [-0.2, 0) is 0 Å². The van der Waals surface area contributed by atoms with Crippen LogP contribution in [0.25, 0.3) is 0 Å². The predicted octanol–water partition coefficient (Wildman–Crippen LogP) is 7.90. The van der Waals surface area contributed by atoms with Crippen LogP contribution >= 0.6 is 0 Å². The topological polar surface area (TPSA) is 24.1 Å². The van der Waals surface area contributed by atoms with E-state index in [4.69, 9.17) is 0 Å². The van der Waals surface area contributed by atoms with Crippen LogP contribution in [0.4, 0.5) is 0 Å². The molecule has 2 heterocycles. The van der Waals surface area contributed by atoms with Crippen LogP contribution in [-0.4, -0.2) is 30.9 Å². The van der Waals surface area contributed by atoms with Crippen LogP contribution in [0.5, 0.6) is 0 Å². The maximum Gasteiger partial charge on any atom is 0.156 e. The lowest BCUT2D eigenvalue weighted by Gasteiger charge is -2.58. The fraction of sp³-hybridized carbons (Fsp3) is 1.00. The van der Waals surface area contributed by atoms with Crippen LogP contribution in [0.3, 0.4) is 0 Å². The van der Waals surface area contributed by atoms with Gasteiger partial charge in [-0.2, -0.15) is 0 Å². The van der Waals surface area contributed by atoms with E-state index in [1.54, 1.807) is 0 Å². The van der Waals surface area contributed by atoms with Crippen molar-refractivity contribution in [1.29, 1.82) is 0 Å². The van der Waals surface area contributed by atoms with Gasteiger partial charge in [-0.15, -0.1) is 0 Å². The zero-order valence-electron chi connectivity index (χ0n) is 21.2. The zero-order chi connectivity index (χ0) is 21.6. The second-order valence-corrected chi connectivity index (χ2v) is 12.6. The van der Waals surface area contributed by atoms with Gasteiger partial charge in [0.15, 0.2) is 6.71 Å². The molecule has 0 spiro atoms. The van der Waals surface area contributed by atoms with E-state index in [1.165, 1.54) is 141 Å². The lowest BCUT2D eigenvalue weighted by Crippen LogP contribution is -2.68. The van der Waals surface area contributed by atoms with Crippen molar-refractivity contribution in [2.24, 2.45) is 0 Å². The van der Waals surface area contributed by atoms with Gasteiger partial charge in [0.25, 0.3) is 0 Å². The summed E-state index contributed by atoms with van der Waals surface area (Å²) in [5, 5.41) is 8.81. The Morgan fingerprint density at radius 2 is 0.656 bits per heavy atom. The summed E-state index contributed by atoms with van der Waals surface area (Å²) < 4.78 is 0. The Bertz CT molecular complexity index is 507. The Kier molecular flexibility index (Phi) is 8.97. The van der Waals surface area contributed by atoms with E-state index in [-0.39, 0.29) is 0 Å². The minimum absolute atomic E-state index is 0.802. The molecule has 6 atom stereocenters. The summed E-state index contributed by atoms with van der Waals surface area (Å²) in [6.07, 6.45) is 32.7. The highest BCUT2D eigenvalue weighted by atomic mass is 15.0. The van der Waals surface area contributed by atoms with Gasteiger partial charge in [-0.25, -0.2) is 0 Å². The van der Waals surface area contributed by atoms with Crippen LogP contribution < -0.4 is 10.6 Å². The summed E-state index contributed by atoms with van der Waals surface area (Å²) in [4.78, 5) is 0. The molecule has 2 N–H and O–H groups in total. The van der Waals surface area contributed by atoms with Crippen LogP contribution in [0.15, 0.2) is 0 Å². The maximum absolute atomic E-state index is 4.40. The molecule has 0 bridgehead atoms. The second-order valence-electron chi connectivity index (χ2n) is 12.6. The first-order valence-corrected chi connectivity index (χ1v) is 15.4. The number of nitrogens with one attached hydrogen (secondary N) is 2. The second kappa shape index (κ2) is 12.1. The average Bonchev–Trinajstić information content (AvgIpc) is 2.91. The highest BCUT2D eigenvalue weighted by Gasteiger charge is 2.55. The molecule has 0 aromatic carbocycles. The van der Waals surface area contributed by atoms with E-state index >= 15 is 0 Å². The summed E-state index contributed by atoms with van der Waals surface area (Å²) >= 11 is 0. The molecule has 5 aliphatic rings. The molecule has 2 nitrogen and oxygen atoms in total. The van der Waals surface area contributed by atoms with Gasteiger partial charge in [0, 0.05) is 24.2 Å². The summed E-state index contributed by atoms with van der Waals surface area (Å²) in [5.41, 5.74) is 0. The Labute approximate surface area is 200 Å².